The van der Waals surface area contributed by atoms with Gasteiger partial charge in [0.2, 0.25) is 0 Å². The summed E-state index contributed by atoms with van der Waals surface area (Å²) in [7, 11) is 0. The highest BCUT2D eigenvalue weighted by Crippen LogP contribution is 2.35. The maximum Gasteiger partial charge on any atom is 0.123 e. The molecule has 1 fully saturated rings. The molecule has 0 atom stereocenters. The molecule has 1 aliphatic carbocycles. The van der Waals surface area contributed by atoms with Gasteiger partial charge in [-0.05, 0) is 37.1 Å². The molecule has 0 bridgehead atoms. The minimum Gasteiger partial charge on any atom is -0.394 e. The Morgan fingerprint density at radius 2 is 2.05 bits per heavy atom. The molecule has 0 radical (unpaired) electrons. The van der Waals surface area contributed by atoms with E-state index in [9.17, 15) is 9.50 Å². The molecule has 2 aromatic rings. The Kier molecular flexibility index (Phi) is 3.35. The summed E-state index contributed by atoms with van der Waals surface area (Å²) in [6.45, 7) is 0.847. The Labute approximate surface area is 115 Å². The van der Waals surface area contributed by atoms with Gasteiger partial charge in [-0.1, -0.05) is 0 Å². The number of hydrogen-bond acceptors (Lipinski definition) is 4. The molecule has 1 aromatic heterocycles. The van der Waals surface area contributed by atoms with E-state index in [1.807, 2.05) is 5.38 Å². The van der Waals surface area contributed by atoms with Crippen molar-refractivity contribution in [3.05, 3.63) is 41.2 Å². The molecular formula is C14H15FN2OS. The summed E-state index contributed by atoms with van der Waals surface area (Å²) in [6, 6.07) is 6.36. The fourth-order valence-electron chi connectivity index (χ4n) is 1.93. The molecule has 19 heavy (non-hydrogen) atoms. The SMILES string of the molecule is OCC1(NCc2csc(-c3ccc(F)cc3)n2)CC1. The third-order valence-electron chi connectivity index (χ3n) is 3.44. The number of thiazole rings is 1. The number of aliphatic hydroxyl groups is 1. The van der Waals surface area contributed by atoms with E-state index in [2.05, 4.69) is 10.3 Å². The summed E-state index contributed by atoms with van der Waals surface area (Å²) in [5.74, 6) is -0.235. The molecule has 3 nitrogen and oxygen atoms in total. The lowest BCUT2D eigenvalue weighted by Crippen LogP contribution is -2.34. The molecule has 1 saturated carbocycles. The maximum absolute atomic E-state index is 12.9. The van der Waals surface area contributed by atoms with E-state index < -0.39 is 0 Å². The van der Waals surface area contributed by atoms with E-state index in [1.54, 1.807) is 23.5 Å². The summed E-state index contributed by atoms with van der Waals surface area (Å²) in [4.78, 5) is 4.53. The van der Waals surface area contributed by atoms with Crippen LogP contribution in [0.25, 0.3) is 10.6 Å². The van der Waals surface area contributed by atoms with Gasteiger partial charge < -0.3 is 10.4 Å². The minimum absolute atomic E-state index is 0.0698. The van der Waals surface area contributed by atoms with Crippen LogP contribution in [-0.4, -0.2) is 22.2 Å². The standard InChI is InChI=1S/C14H15FN2OS/c15-11-3-1-10(2-4-11)13-17-12(8-19-13)7-16-14(9-18)5-6-14/h1-4,8,16,18H,5-7,9H2. The van der Waals surface area contributed by atoms with Gasteiger partial charge in [0.15, 0.2) is 0 Å². The third-order valence-corrected chi connectivity index (χ3v) is 4.38. The zero-order chi connectivity index (χ0) is 13.3. The van der Waals surface area contributed by atoms with Crippen molar-refractivity contribution < 1.29 is 9.50 Å². The second-order valence-corrected chi connectivity index (χ2v) is 5.80. The average Bonchev–Trinajstić information content (AvgIpc) is 3.07. The smallest absolute Gasteiger partial charge is 0.123 e. The van der Waals surface area contributed by atoms with Crippen LogP contribution in [0.3, 0.4) is 0 Å². The van der Waals surface area contributed by atoms with Crippen LogP contribution < -0.4 is 5.32 Å². The van der Waals surface area contributed by atoms with Gasteiger partial charge in [0.1, 0.15) is 10.8 Å². The highest BCUT2D eigenvalue weighted by molar-refractivity contribution is 7.13. The number of halogens is 1. The van der Waals surface area contributed by atoms with Gasteiger partial charge in [-0.2, -0.15) is 0 Å². The normalized spacial score (nSPS) is 16.5. The molecule has 3 rings (SSSR count). The second kappa shape index (κ2) is 5.00. The lowest BCUT2D eigenvalue weighted by molar-refractivity contribution is 0.229. The highest BCUT2D eigenvalue weighted by Gasteiger charge is 2.41. The van der Waals surface area contributed by atoms with Crippen LogP contribution in [0, 0.1) is 5.82 Å². The number of hydrogen-bond donors (Lipinski definition) is 2. The van der Waals surface area contributed by atoms with E-state index >= 15 is 0 Å². The number of aromatic nitrogens is 1. The van der Waals surface area contributed by atoms with Crippen molar-refractivity contribution in [1.82, 2.24) is 10.3 Å². The Morgan fingerprint density at radius 3 is 2.68 bits per heavy atom. The van der Waals surface area contributed by atoms with E-state index in [4.69, 9.17) is 0 Å². The Hall–Kier alpha value is -1.30. The van der Waals surface area contributed by atoms with Gasteiger partial charge in [0.25, 0.3) is 0 Å². The van der Waals surface area contributed by atoms with Crippen molar-refractivity contribution in [2.75, 3.05) is 6.61 Å². The Morgan fingerprint density at radius 1 is 1.32 bits per heavy atom. The topological polar surface area (TPSA) is 45.1 Å². The number of benzene rings is 1. The van der Waals surface area contributed by atoms with Gasteiger partial charge in [0, 0.05) is 23.0 Å². The molecule has 0 saturated heterocycles. The molecule has 2 N–H and O–H groups in total. The summed E-state index contributed by atoms with van der Waals surface area (Å²) in [5, 5.41) is 15.5. The highest BCUT2D eigenvalue weighted by atomic mass is 32.1. The largest absolute Gasteiger partial charge is 0.394 e. The first-order valence-electron chi connectivity index (χ1n) is 6.27. The first-order chi connectivity index (χ1) is 9.21. The summed E-state index contributed by atoms with van der Waals surface area (Å²) >= 11 is 1.55. The quantitative estimate of drug-likeness (QED) is 0.883. The molecule has 1 heterocycles. The second-order valence-electron chi connectivity index (χ2n) is 4.94. The summed E-state index contributed by atoms with van der Waals surface area (Å²) < 4.78 is 12.9. The van der Waals surface area contributed by atoms with Gasteiger partial charge >= 0.3 is 0 Å². The fraction of sp³-hybridized carbons (Fsp3) is 0.357. The summed E-state index contributed by atoms with van der Waals surface area (Å²) in [6.07, 6.45) is 2.05. The lowest BCUT2D eigenvalue weighted by atomic mass is 10.2. The summed E-state index contributed by atoms with van der Waals surface area (Å²) in [5.41, 5.74) is 1.82. The first kappa shape index (κ1) is 12.7. The molecule has 0 spiro atoms. The maximum atomic E-state index is 12.9. The van der Waals surface area contributed by atoms with Gasteiger partial charge in [0.05, 0.1) is 12.3 Å². The van der Waals surface area contributed by atoms with Crippen LogP contribution in [0.2, 0.25) is 0 Å². The molecule has 0 aliphatic heterocycles. The van der Waals surface area contributed by atoms with Gasteiger partial charge in [-0.25, -0.2) is 9.37 Å². The molecule has 5 heteroatoms. The van der Waals surface area contributed by atoms with Crippen molar-refractivity contribution in [2.45, 2.75) is 24.9 Å². The monoisotopic (exact) mass is 278 g/mol. The Balaban J connectivity index is 1.67. The van der Waals surface area contributed by atoms with Crippen molar-refractivity contribution in [2.24, 2.45) is 0 Å². The first-order valence-corrected chi connectivity index (χ1v) is 7.15. The molecular weight excluding hydrogens is 263 g/mol. The van der Waals surface area contributed by atoms with Crippen molar-refractivity contribution in [3.63, 3.8) is 0 Å². The number of rotatable bonds is 5. The third kappa shape index (κ3) is 2.83. The molecule has 0 unspecified atom stereocenters. The average molecular weight is 278 g/mol. The number of aliphatic hydroxyl groups excluding tert-OH is 1. The number of nitrogens with zero attached hydrogens (tertiary/aromatic N) is 1. The van der Waals surface area contributed by atoms with Crippen molar-refractivity contribution >= 4 is 11.3 Å². The van der Waals surface area contributed by atoms with Gasteiger partial charge in [-0.15, -0.1) is 11.3 Å². The van der Waals surface area contributed by atoms with Gasteiger partial charge in [-0.3, -0.25) is 0 Å². The van der Waals surface area contributed by atoms with Crippen LogP contribution in [0.5, 0.6) is 0 Å². The zero-order valence-corrected chi connectivity index (χ0v) is 11.2. The molecule has 0 amide bonds. The van der Waals surface area contributed by atoms with E-state index in [1.165, 1.54) is 12.1 Å². The lowest BCUT2D eigenvalue weighted by Gasteiger charge is -2.12. The molecule has 100 valence electrons. The van der Waals surface area contributed by atoms with Crippen molar-refractivity contribution in [1.29, 1.82) is 0 Å². The molecule has 1 aromatic carbocycles. The predicted octanol–water partition coefficient (Wildman–Crippen LogP) is 2.56. The van der Waals surface area contributed by atoms with Crippen molar-refractivity contribution in [3.8, 4) is 10.6 Å². The van der Waals surface area contributed by atoms with Crippen LogP contribution >= 0.6 is 11.3 Å². The fourth-order valence-corrected chi connectivity index (χ4v) is 2.76. The van der Waals surface area contributed by atoms with Crippen LogP contribution in [0.1, 0.15) is 18.5 Å². The Bertz CT molecular complexity index is 563. The zero-order valence-electron chi connectivity index (χ0n) is 10.4. The minimum atomic E-state index is -0.235. The van der Waals surface area contributed by atoms with E-state index in [0.29, 0.717) is 6.54 Å². The van der Waals surface area contributed by atoms with E-state index in [0.717, 1.165) is 29.1 Å². The van der Waals surface area contributed by atoms with Crippen LogP contribution in [-0.2, 0) is 6.54 Å². The number of nitrogens with one attached hydrogen (secondary N) is 1. The molecule has 1 aliphatic rings. The van der Waals surface area contributed by atoms with E-state index in [-0.39, 0.29) is 18.0 Å². The van der Waals surface area contributed by atoms with Crippen LogP contribution in [0.4, 0.5) is 4.39 Å². The predicted molar refractivity (Wildman–Crippen MR) is 73.4 cm³/mol. The van der Waals surface area contributed by atoms with Crippen LogP contribution in [0.15, 0.2) is 29.6 Å².